The van der Waals surface area contributed by atoms with Gasteiger partial charge in [0, 0.05) is 18.8 Å². The second-order valence-electron chi connectivity index (χ2n) is 7.32. The third-order valence-corrected chi connectivity index (χ3v) is 5.13. The number of hydrogen-bond acceptors (Lipinski definition) is 3. The smallest absolute Gasteiger partial charge is 0.317 e. The minimum Gasteiger partial charge on any atom is -0.494 e. The van der Waals surface area contributed by atoms with Gasteiger partial charge >= 0.3 is 6.03 Å². The number of amides is 3. The molecule has 154 valence electrons. The highest BCUT2D eigenvalue weighted by atomic mass is 16.5. The first-order valence-corrected chi connectivity index (χ1v) is 10.2. The molecule has 0 spiro atoms. The second kappa shape index (κ2) is 9.96. The third kappa shape index (κ3) is 5.73. The molecule has 2 unspecified atom stereocenters. The first-order valence-electron chi connectivity index (χ1n) is 10.2. The fourth-order valence-electron chi connectivity index (χ4n) is 3.54. The number of rotatable bonds is 6. The minimum absolute atomic E-state index is 0.0360. The number of carbonyl (C=O) groups is 2. The van der Waals surface area contributed by atoms with Crippen LogP contribution < -0.4 is 15.4 Å². The van der Waals surface area contributed by atoms with E-state index in [0.29, 0.717) is 19.7 Å². The van der Waals surface area contributed by atoms with E-state index in [4.69, 9.17) is 4.74 Å². The number of piperidine rings is 1. The number of likely N-dealkylation sites (tertiary alicyclic amines) is 1. The maximum absolute atomic E-state index is 12.8. The van der Waals surface area contributed by atoms with E-state index in [0.717, 1.165) is 29.8 Å². The van der Waals surface area contributed by atoms with Gasteiger partial charge in [0.1, 0.15) is 5.75 Å². The van der Waals surface area contributed by atoms with E-state index in [2.05, 4.69) is 10.6 Å². The van der Waals surface area contributed by atoms with E-state index in [1.165, 1.54) is 0 Å². The Bertz CT molecular complexity index is 825. The number of carbonyl (C=O) groups excluding carboxylic acids is 2. The molecule has 6 heteroatoms. The van der Waals surface area contributed by atoms with Crippen LogP contribution in [0.25, 0.3) is 0 Å². The van der Waals surface area contributed by atoms with Gasteiger partial charge in [0.2, 0.25) is 5.91 Å². The molecule has 1 heterocycles. The van der Waals surface area contributed by atoms with Crippen molar-refractivity contribution in [1.82, 2.24) is 10.2 Å². The highest BCUT2D eigenvalue weighted by molar-refractivity contribution is 5.93. The van der Waals surface area contributed by atoms with Crippen LogP contribution in [-0.2, 0) is 4.79 Å². The number of benzene rings is 2. The molecular weight excluding hydrogens is 366 g/mol. The van der Waals surface area contributed by atoms with Crippen molar-refractivity contribution in [3.05, 3.63) is 60.2 Å². The summed E-state index contributed by atoms with van der Waals surface area (Å²) in [6.45, 7) is 5.58. The summed E-state index contributed by atoms with van der Waals surface area (Å²) in [6, 6.07) is 16.9. The Hall–Kier alpha value is -3.02. The van der Waals surface area contributed by atoms with E-state index in [1.54, 1.807) is 4.90 Å². The number of hydrogen-bond donors (Lipinski definition) is 2. The first-order chi connectivity index (χ1) is 14.1. The molecule has 2 atom stereocenters. The molecule has 0 aromatic heterocycles. The Morgan fingerprint density at radius 1 is 1.17 bits per heavy atom. The van der Waals surface area contributed by atoms with Gasteiger partial charge in [-0.05, 0) is 56.5 Å². The lowest BCUT2D eigenvalue weighted by Gasteiger charge is -2.33. The summed E-state index contributed by atoms with van der Waals surface area (Å²) in [5, 5.41) is 5.99. The Morgan fingerprint density at radius 2 is 1.97 bits per heavy atom. The number of para-hydroxylation sites is 1. The predicted octanol–water partition coefficient (Wildman–Crippen LogP) is 4.21. The van der Waals surface area contributed by atoms with E-state index in [9.17, 15) is 9.59 Å². The van der Waals surface area contributed by atoms with Crippen LogP contribution in [0.3, 0.4) is 0 Å². The van der Waals surface area contributed by atoms with E-state index in [-0.39, 0.29) is 23.9 Å². The van der Waals surface area contributed by atoms with Gasteiger partial charge in [-0.15, -0.1) is 0 Å². The van der Waals surface area contributed by atoms with Gasteiger partial charge in [-0.3, -0.25) is 4.79 Å². The summed E-state index contributed by atoms with van der Waals surface area (Å²) in [5.41, 5.74) is 1.77. The molecular formula is C23H29N3O3. The molecule has 1 saturated heterocycles. The van der Waals surface area contributed by atoms with Gasteiger partial charge in [-0.25, -0.2) is 4.79 Å². The average Bonchev–Trinajstić information content (AvgIpc) is 2.75. The molecule has 29 heavy (non-hydrogen) atoms. The molecule has 3 amide bonds. The van der Waals surface area contributed by atoms with Gasteiger partial charge in [0.15, 0.2) is 0 Å². The van der Waals surface area contributed by atoms with Crippen LogP contribution in [0, 0.1) is 5.92 Å². The normalized spacial score (nSPS) is 17.3. The Morgan fingerprint density at radius 3 is 2.72 bits per heavy atom. The molecule has 0 bridgehead atoms. The van der Waals surface area contributed by atoms with Gasteiger partial charge in [-0.1, -0.05) is 30.3 Å². The molecule has 3 rings (SSSR count). The van der Waals surface area contributed by atoms with E-state index < -0.39 is 0 Å². The lowest BCUT2D eigenvalue weighted by molar-refractivity contribution is -0.121. The maximum atomic E-state index is 12.8. The van der Waals surface area contributed by atoms with Crippen molar-refractivity contribution in [1.29, 1.82) is 0 Å². The van der Waals surface area contributed by atoms with Crippen LogP contribution in [0.2, 0.25) is 0 Å². The van der Waals surface area contributed by atoms with Crippen molar-refractivity contribution in [2.45, 2.75) is 32.7 Å². The quantitative estimate of drug-likeness (QED) is 0.770. The van der Waals surface area contributed by atoms with Gasteiger partial charge in [0.25, 0.3) is 0 Å². The maximum Gasteiger partial charge on any atom is 0.317 e. The third-order valence-electron chi connectivity index (χ3n) is 5.13. The fraction of sp³-hybridized carbons (Fsp3) is 0.391. The standard InChI is InChI=1S/C23H29N3O3/c1-3-29-21-13-7-9-18(15-21)17(2)24-23(28)26-14-8-10-19(16-26)22(27)25-20-11-5-4-6-12-20/h4-7,9,11-13,15,17,19H,3,8,10,14,16H2,1-2H3,(H,24,28)(H,25,27). The summed E-state index contributed by atoms with van der Waals surface area (Å²) in [7, 11) is 0. The van der Waals surface area contributed by atoms with Crippen molar-refractivity contribution in [2.24, 2.45) is 5.92 Å². The van der Waals surface area contributed by atoms with Crippen LogP contribution in [0.4, 0.5) is 10.5 Å². The SMILES string of the molecule is CCOc1cccc(C(C)NC(=O)N2CCCC(C(=O)Nc3ccccc3)C2)c1. The number of nitrogens with one attached hydrogen (secondary N) is 2. The van der Waals surface area contributed by atoms with Crippen molar-refractivity contribution >= 4 is 17.6 Å². The molecule has 1 aliphatic heterocycles. The zero-order valence-electron chi connectivity index (χ0n) is 17.1. The minimum atomic E-state index is -0.203. The van der Waals surface area contributed by atoms with Crippen molar-refractivity contribution in [3.8, 4) is 5.75 Å². The Labute approximate surface area is 172 Å². The zero-order valence-corrected chi connectivity index (χ0v) is 17.1. The Balaban J connectivity index is 1.56. The van der Waals surface area contributed by atoms with Crippen molar-refractivity contribution in [2.75, 3.05) is 25.0 Å². The molecule has 0 aliphatic carbocycles. The summed E-state index contributed by atoms with van der Waals surface area (Å²) in [6.07, 6.45) is 1.60. The molecule has 2 aromatic carbocycles. The van der Waals surface area contributed by atoms with Crippen molar-refractivity contribution in [3.63, 3.8) is 0 Å². The van der Waals surface area contributed by atoms with Gasteiger partial charge < -0.3 is 20.3 Å². The number of nitrogens with zero attached hydrogens (tertiary/aromatic N) is 1. The number of urea groups is 1. The largest absolute Gasteiger partial charge is 0.494 e. The summed E-state index contributed by atoms with van der Waals surface area (Å²) in [4.78, 5) is 27.1. The van der Waals surface area contributed by atoms with Gasteiger partial charge in [-0.2, -0.15) is 0 Å². The lowest BCUT2D eigenvalue weighted by atomic mass is 9.97. The molecule has 2 N–H and O–H groups in total. The van der Waals surface area contributed by atoms with Crippen LogP contribution in [0.5, 0.6) is 5.75 Å². The monoisotopic (exact) mass is 395 g/mol. The fourth-order valence-corrected chi connectivity index (χ4v) is 3.54. The highest BCUT2D eigenvalue weighted by Gasteiger charge is 2.29. The van der Waals surface area contributed by atoms with Crippen LogP contribution >= 0.6 is 0 Å². The zero-order chi connectivity index (χ0) is 20.6. The average molecular weight is 396 g/mol. The Kier molecular flexibility index (Phi) is 7.11. The predicted molar refractivity (Wildman–Crippen MR) is 114 cm³/mol. The van der Waals surface area contributed by atoms with Gasteiger partial charge in [0.05, 0.1) is 18.6 Å². The molecule has 6 nitrogen and oxygen atoms in total. The molecule has 1 fully saturated rings. The second-order valence-corrected chi connectivity index (χ2v) is 7.32. The molecule has 1 aliphatic rings. The molecule has 0 saturated carbocycles. The summed E-state index contributed by atoms with van der Waals surface area (Å²) >= 11 is 0. The topological polar surface area (TPSA) is 70.7 Å². The summed E-state index contributed by atoms with van der Waals surface area (Å²) < 4.78 is 5.54. The van der Waals surface area contributed by atoms with Crippen LogP contribution in [0.15, 0.2) is 54.6 Å². The summed E-state index contributed by atoms with van der Waals surface area (Å²) in [5.74, 6) is 0.555. The molecule has 2 aromatic rings. The van der Waals surface area contributed by atoms with Crippen molar-refractivity contribution < 1.29 is 14.3 Å². The lowest BCUT2D eigenvalue weighted by Crippen LogP contribution is -2.48. The molecule has 0 radical (unpaired) electrons. The van der Waals surface area contributed by atoms with E-state index in [1.807, 2.05) is 68.4 Å². The number of ether oxygens (including phenoxy) is 1. The highest BCUT2D eigenvalue weighted by Crippen LogP contribution is 2.22. The van der Waals surface area contributed by atoms with Crippen LogP contribution in [-0.4, -0.2) is 36.5 Å². The van der Waals surface area contributed by atoms with Crippen LogP contribution in [0.1, 0.15) is 38.3 Å². The first kappa shape index (κ1) is 20.7. The number of anilines is 1. The van der Waals surface area contributed by atoms with E-state index >= 15 is 0 Å².